The van der Waals surface area contributed by atoms with Gasteiger partial charge in [0.2, 0.25) is 0 Å². The van der Waals surface area contributed by atoms with E-state index in [1.54, 1.807) is 31.9 Å². The minimum atomic E-state index is -0.462. The molecule has 0 aliphatic rings. The normalized spacial score (nSPS) is 10.6. The van der Waals surface area contributed by atoms with E-state index in [0.29, 0.717) is 11.0 Å². The summed E-state index contributed by atoms with van der Waals surface area (Å²) in [5, 5.41) is 4.18. The van der Waals surface area contributed by atoms with E-state index in [1.807, 2.05) is 0 Å². The molecule has 0 aromatic carbocycles. The fourth-order valence-corrected chi connectivity index (χ4v) is 1.47. The summed E-state index contributed by atoms with van der Waals surface area (Å²) in [6.45, 7) is 4.21. The maximum absolute atomic E-state index is 11.2. The highest BCUT2D eigenvalue weighted by Gasteiger charge is 2.11. The second-order valence-corrected chi connectivity index (χ2v) is 5.32. The third kappa shape index (κ3) is 4.14. The molecule has 0 spiro atoms. The van der Waals surface area contributed by atoms with Crippen LogP contribution in [0.15, 0.2) is 10.6 Å². The topological polar surface area (TPSA) is 55.6 Å². The largest absolute Gasteiger partial charge is 0.416 e. The van der Waals surface area contributed by atoms with E-state index in [4.69, 9.17) is 9.26 Å². The maximum Gasteiger partial charge on any atom is 0.416 e. The molecule has 1 aromatic rings. The highest BCUT2D eigenvalue weighted by atomic mass is 32.2. The average molecular weight is 244 g/mol. The summed E-state index contributed by atoms with van der Waals surface area (Å²) in [6.07, 6.45) is -0.462. The van der Waals surface area contributed by atoms with Gasteiger partial charge in [0, 0.05) is 20.2 Å². The van der Waals surface area contributed by atoms with Gasteiger partial charge in [-0.05, 0) is 10.4 Å². The van der Waals surface area contributed by atoms with Crippen LogP contribution in [0.4, 0.5) is 4.79 Å². The zero-order chi connectivity index (χ0) is 12.1. The van der Waals surface area contributed by atoms with Crippen molar-refractivity contribution in [3.8, 4) is 5.88 Å². The highest BCUT2D eigenvalue weighted by Crippen LogP contribution is 2.20. The van der Waals surface area contributed by atoms with Crippen molar-refractivity contribution in [2.45, 2.75) is 24.9 Å². The Bertz CT molecular complexity index is 350. The number of hydrogen-bond acceptors (Lipinski definition) is 5. The summed E-state index contributed by atoms with van der Waals surface area (Å²) in [6, 6.07) is 1.64. The first-order chi connectivity index (χ1) is 7.49. The summed E-state index contributed by atoms with van der Waals surface area (Å²) < 4.78 is 9.97. The minimum Gasteiger partial charge on any atom is -0.388 e. The third-order valence-corrected chi connectivity index (χ3v) is 2.77. The Labute approximate surface area is 99.1 Å². The molecule has 0 aliphatic carbocycles. The van der Waals surface area contributed by atoms with Crippen molar-refractivity contribution >= 4 is 17.9 Å². The van der Waals surface area contributed by atoms with Gasteiger partial charge in [-0.3, -0.25) is 0 Å². The molecule has 1 amide bonds. The molecule has 1 heterocycles. The molecule has 16 heavy (non-hydrogen) atoms. The first kappa shape index (κ1) is 12.9. The molecule has 0 aliphatic heterocycles. The minimum absolute atomic E-state index is 0.207. The van der Waals surface area contributed by atoms with E-state index >= 15 is 0 Å². The van der Waals surface area contributed by atoms with Crippen LogP contribution >= 0.6 is 11.8 Å². The number of thioether (sulfide) groups is 1. The molecular weight excluding hydrogens is 228 g/mol. The summed E-state index contributed by atoms with van der Waals surface area (Å²) in [5.41, 5.74) is 0. The Morgan fingerprint density at radius 2 is 2.31 bits per heavy atom. The van der Waals surface area contributed by atoms with Gasteiger partial charge in [0.15, 0.2) is 5.76 Å². The average Bonchev–Trinajstić information content (AvgIpc) is 2.62. The molecule has 1 rings (SSSR count). The Kier molecular flexibility index (Phi) is 4.67. The standard InChI is InChI=1S/C10H16N2O3S/c1-7(2)16-6-8-5-9(11-15-8)14-10(13)12(3)4/h5,7H,6H2,1-4H3. The Morgan fingerprint density at radius 3 is 2.88 bits per heavy atom. The molecule has 0 N–H and O–H groups in total. The number of carbonyl (C=O) groups excluding carboxylic acids is 1. The SMILES string of the molecule is CC(C)SCc1cc(OC(=O)N(C)C)no1. The predicted octanol–water partition coefficient (Wildman–Crippen LogP) is 2.38. The summed E-state index contributed by atoms with van der Waals surface area (Å²) >= 11 is 1.74. The van der Waals surface area contributed by atoms with Gasteiger partial charge in [-0.1, -0.05) is 13.8 Å². The van der Waals surface area contributed by atoms with Crippen molar-refractivity contribution in [3.05, 3.63) is 11.8 Å². The molecule has 0 saturated carbocycles. The van der Waals surface area contributed by atoms with Crippen LogP contribution < -0.4 is 4.74 Å². The molecule has 0 unspecified atom stereocenters. The summed E-state index contributed by atoms with van der Waals surface area (Å²) in [5.74, 6) is 1.64. The van der Waals surface area contributed by atoms with E-state index in [2.05, 4.69) is 19.0 Å². The lowest BCUT2D eigenvalue weighted by atomic mass is 10.5. The molecular formula is C10H16N2O3S. The Hall–Kier alpha value is -1.17. The van der Waals surface area contributed by atoms with E-state index in [1.165, 1.54) is 4.90 Å². The van der Waals surface area contributed by atoms with Gasteiger partial charge in [0.1, 0.15) is 0 Å². The van der Waals surface area contributed by atoms with Crippen molar-refractivity contribution in [2.24, 2.45) is 0 Å². The number of nitrogens with zero attached hydrogens (tertiary/aromatic N) is 2. The quantitative estimate of drug-likeness (QED) is 0.814. The maximum atomic E-state index is 11.2. The molecule has 90 valence electrons. The van der Waals surface area contributed by atoms with Crippen LogP contribution in [-0.2, 0) is 5.75 Å². The van der Waals surface area contributed by atoms with Gasteiger partial charge in [-0.2, -0.15) is 11.8 Å². The van der Waals surface area contributed by atoms with Gasteiger partial charge in [0.25, 0.3) is 5.88 Å². The second kappa shape index (κ2) is 5.79. The van der Waals surface area contributed by atoms with E-state index in [9.17, 15) is 4.79 Å². The zero-order valence-electron chi connectivity index (χ0n) is 9.89. The molecule has 0 fully saturated rings. The van der Waals surface area contributed by atoms with Crippen LogP contribution in [0.2, 0.25) is 0 Å². The third-order valence-electron chi connectivity index (χ3n) is 1.65. The number of aromatic nitrogens is 1. The number of carbonyl (C=O) groups is 1. The van der Waals surface area contributed by atoms with Crippen molar-refractivity contribution in [3.63, 3.8) is 0 Å². The van der Waals surface area contributed by atoms with Crippen molar-refractivity contribution in [2.75, 3.05) is 14.1 Å². The molecule has 6 heteroatoms. The lowest BCUT2D eigenvalue weighted by Crippen LogP contribution is -2.25. The molecule has 5 nitrogen and oxygen atoms in total. The molecule has 0 bridgehead atoms. The monoisotopic (exact) mass is 244 g/mol. The van der Waals surface area contributed by atoms with Crippen LogP contribution in [0, 0.1) is 0 Å². The van der Waals surface area contributed by atoms with Crippen LogP contribution in [-0.4, -0.2) is 35.5 Å². The molecule has 0 atom stereocenters. The Balaban J connectivity index is 2.48. The fraction of sp³-hybridized carbons (Fsp3) is 0.600. The highest BCUT2D eigenvalue weighted by molar-refractivity contribution is 7.99. The first-order valence-corrected chi connectivity index (χ1v) is 6.00. The zero-order valence-corrected chi connectivity index (χ0v) is 10.7. The predicted molar refractivity (Wildman–Crippen MR) is 62.6 cm³/mol. The van der Waals surface area contributed by atoms with Gasteiger partial charge in [0.05, 0.1) is 5.75 Å². The first-order valence-electron chi connectivity index (χ1n) is 4.95. The van der Waals surface area contributed by atoms with Crippen LogP contribution in [0.3, 0.4) is 0 Å². The molecule has 1 aromatic heterocycles. The second-order valence-electron chi connectivity index (χ2n) is 3.75. The van der Waals surface area contributed by atoms with Crippen molar-refractivity contribution in [1.82, 2.24) is 10.1 Å². The molecule has 0 radical (unpaired) electrons. The van der Waals surface area contributed by atoms with Gasteiger partial charge >= 0.3 is 6.09 Å². The fourth-order valence-electron chi connectivity index (χ4n) is 0.840. The number of ether oxygens (including phenoxy) is 1. The number of rotatable bonds is 4. The summed E-state index contributed by atoms with van der Waals surface area (Å²) in [7, 11) is 3.22. The van der Waals surface area contributed by atoms with Crippen LogP contribution in [0.25, 0.3) is 0 Å². The van der Waals surface area contributed by atoms with Crippen LogP contribution in [0.1, 0.15) is 19.6 Å². The molecule has 0 saturated heterocycles. The van der Waals surface area contributed by atoms with Crippen LogP contribution in [0.5, 0.6) is 5.88 Å². The lowest BCUT2D eigenvalue weighted by Gasteiger charge is -2.07. The Morgan fingerprint density at radius 1 is 1.62 bits per heavy atom. The number of hydrogen-bond donors (Lipinski definition) is 0. The van der Waals surface area contributed by atoms with Gasteiger partial charge in [-0.25, -0.2) is 4.79 Å². The van der Waals surface area contributed by atoms with E-state index in [0.717, 1.165) is 5.75 Å². The van der Waals surface area contributed by atoms with Crippen molar-refractivity contribution in [1.29, 1.82) is 0 Å². The van der Waals surface area contributed by atoms with E-state index < -0.39 is 6.09 Å². The van der Waals surface area contributed by atoms with Gasteiger partial charge in [-0.15, -0.1) is 0 Å². The number of amides is 1. The smallest absolute Gasteiger partial charge is 0.388 e. The lowest BCUT2D eigenvalue weighted by molar-refractivity contribution is 0.167. The van der Waals surface area contributed by atoms with Gasteiger partial charge < -0.3 is 14.2 Å². The van der Waals surface area contributed by atoms with Crippen molar-refractivity contribution < 1.29 is 14.1 Å². The van der Waals surface area contributed by atoms with E-state index in [-0.39, 0.29) is 5.88 Å². The summed E-state index contributed by atoms with van der Waals surface area (Å²) in [4.78, 5) is 12.5.